The minimum atomic E-state index is -0.453. The van der Waals surface area contributed by atoms with Crippen LogP contribution in [0, 0.1) is 0 Å². The normalized spacial score (nSPS) is 16.0. The first-order chi connectivity index (χ1) is 14.1. The van der Waals surface area contributed by atoms with Gasteiger partial charge in [0, 0.05) is 29.4 Å². The average molecular weight is 413 g/mol. The van der Waals surface area contributed by atoms with E-state index in [1.807, 2.05) is 47.5 Å². The molecule has 0 bridgehead atoms. The summed E-state index contributed by atoms with van der Waals surface area (Å²) in [4.78, 5) is 27.0. The van der Waals surface area contributed by atoms with Crippen molar-refractivity contribution < 1.29 is 23.8 Å². The Morgan fingerprint density at radius 2 is 2.03 bits per heavy atom. The zero-order valence-corrected chi connectivity index (χ0v) is 17.4. The van der Waals surface area contributed by atoms with Gasteiger partial charge in [-0.3, -0.25) is 4.79 Å². The van der Waals surface area contributed by atoms with Crippen LogP contribution in [0.25, 0.3) is 0 Å². The topological polar surface area (TPSA) is 65.1 Å². The summed E-state index contributed by atoms with van der Waals surface area (Å²) in [6, 6.07) is 9.47. The number of thiophene rings is 1. The van der Waals surface area contributed by atoms with Crippen molar-refractivity contribution in [2.75, 3.05) is 20.8 Å². The maximum absolute atomic E-state index is 12.5. The first-order valence-corrected chi connectivity index (χ1v) is 10.0. The molecule has 3 rings (SSSR count). The van der Waals surface area contributed by atoms with Gasteiger partial charge in [-0.05, 0) is 36.1 Å². The average Bonchev–Trinajstić information content (AvgIpc) is 3.27. The number of methoxy groups -OCH3 is 2. The second-order valence-electron chi connectivity index (χ2n) is 6.36. The van der Waals surface area contributed by atoms with E-state index < -0.39 is 11.9 Å². The number of aldehydes is 1. The molecule has 0 saturated heterocycles. The van der Waals surface area contributed by atoms with Gasteiger partial charge in [-0.15, -0.1) is 11.3 Å². The monoisotopic (exact) mass is 413 g/mol. The van der Waals surface area contributed by atoms with E-state index in [2.05, 4.69) is 0 Å². The van der Waals surface area contributed by atoms with E-state index in [-0.39, 0.29) is 0 Å². The molecule has 0 spiro atoms. The van der Waals surface area contributed by atoms with Crippen LogP contribution in [0.3, 0.4) is 0 Å². The van der Waals surface area contributed by atoms with E-state index in [4.69, 9.17) is 14.2 Å². The van der Waals surface area contributed by atoms with Crippen LogP contribution in [-0.2, 0) is 20.9 Å². The maximum Gasteiger partial charge on any atom is 0.336 e. The molecule has 29 heavy (non-hydrogen) atoms. The molecule has 1 unspecified atom stereocenters. The van der Waals surface area contributed by atoms with E-state index in [0.29, 0.717) is 35.8 Å². The Balaban J connectivity index is 1.94. The molecule has 0 saturated carbocycles. The molecule has 1 aliphatic rings. The Kier molecular flexibility index (Phi) is 6.72. The molecule has 152 valence electrons. The lowest BCUT2D eigenvalue weighted by Gasteiger charge is -2.28. The number of hydrogen-bond donors (Lipinski definition) is 0. The summed E-state index contributed by atoms with van der Waals surface area (Å²) in [6.45, 7) is 2.89. The lowest BCUT2D eigenvalue weighted by Crippen LogP contribution is -2.25. The SMILES string of the molecule is CCOc1cc(CN2C=C(C=O)C(c3cccs3)C(C(=O)OC)=C2)ccc1OC. The predicted octanol–water partition coefficient (Wildman–Crippen LogP) is 3.89. The van der Waals surface area contributed by atoms with Crippen molar-refractivity contribution in [3.8, 4) is 11.5 Å². The van der Waals surface area contributed by atoms with E-state index in [1.165, 1.54) is 18.4 Å². The summed E-state index contributed by atoms with van der Waals surface area (Å²) in [7, 11) is 2.94. The highest BCUT2D eigenvalue weighted by atomic mass is 32.1. The molecule has 0 amide bonds. The smallest absolute Gasteiger partial charge is 0.336 e. The van der Waals surface area contributed by atoms with Crippen LogP contribution in [0.2, 0.25) is 0 Å². The maximum atomic E-state index is 12.5. The fourth-order valence-electron chi connectivity index (χ4n) is 3.29. The van der Waals surface area contributed by atoms with E-state index in [1.54, 1.807) is 19.5 Å². The standard InChI is InChI=1S/C22H23NO5S/c1-4-28-19-10-15(7-8-18(19)26-2)11-23-12-16(14-24)21(20-6-5-9-29-20)17(13-23)22(25)27-3/h5-10,12-14,21H,4,11H2,1-3H3. The van der Waals surface area contributed by atoms with Gasteiger partial charge in [-0.1, -0.05) is 12.1 Å². The number of esters is 1. The Morgan fingerprint density at radius 1 is 1.21 bits per heavy atom. The molecule has 0 N–H and O–H groups in total. The summed E-state index contributed by atoms with van der Waals surface area (Å²) in [5, 5.41) is 1.92. The Labute approximate surface area is 174 Å². The molecule has 1 aliphatic heterocycles. The van der Waals surface area contributed by atoms with Crippen LogP contribution < -0.4 is 9.47 Å². The van der Waals surface area contributed by atoms with Gasteiger partial charge in [0.25, 0.3) is 0 Å². The number of rotatable bonds is 8. The fraction of sp³-hybridized carbons (Fsp3) is 0.273. The molecule has 1 atom stereocenters. The molecule has 7 heteroatoms. The number of ether oxygens (including phenoxy) is 3. The molecule has 2 heterocycles. The highest BCUT2D eigenvalue weighted by molar-refractivity contribution is 7.10. The Morgan fingerprint density at radius 3 is 2.66 bits per heavy atom. The third kappa shape index (κ3) is 4.51. The first kappa shape index (κ1) is 20.7. The zero-order valence-electron chi connectivity index (χ0n) is 16.6. The van der Waals surface area contributed by atoms with Gasteiger partial charge in [0.2, 0.25) is 0 Å². The van der Waals surface area contributed by atoms with Gasteiger partial charge in [-0.25, -0.2) is 4.79 Å². The molecular weight excluding hydrogens is 390 g/mol. The Hall–Kier alpha value is -3.06. The second kappa shape index (κ2) is 9.43. The number of allylic oxidation sites excluding steroid dienone is 1. The van der Waals surface area contributed by atoms with Crippen molar-refractivity contribution in [2.24, 2.45) is 0 Å². The largest absolute Gasteiger partial charge is 0.493 e. The quantitative estimate of drug-likeness (QED) is 0.483. The summed E-state index contributed by atoms with van der Waals surface area (Å²) in [6.07, 6.45) is 4.31. The van der Waals surface area contributed by atoms with E-state index >= 15 is 0 Å². The lowest BCUT2D eigenvalue weighted by atomic mass is 9.88. The van der Waals surface area contributed by atoms with Crippen molar-refractivity contribution in [1.82, 2.24) is 4.90 Å². The van der Waals surface area contributed by atoms with E-state index in [0.717, 1.165) is 16.7 Å². The fourth-order valence-corrected chi connectivity index (χ4v) is 4.16. The van der Waals surface area contributed by atoms with Crippen LogP contribution in [0.4, 0.5) is 0 Å². The predicted molar refractivity (Wildman–Crippen MR) is 111 cm³/mol. The second-order valence-corrected chi connectivity index (χ2v) is 7.34. The number of nitrogens with zero attached hydrogens (tertiary/aromatic N) is 1. The number of benzene rings is 1. The number of carbonyl (C=O) groups excluding carboxylic acids is 2. The molecule has 1 aromatic heterocycles. The molecule has 6 nitrogen and oxygen atoms in total. The first-order valence-electron chi connectivity index (χ1n) is 9.17. The molecule has 2 aromatic rings. The van der Waals surface area contributed by atoms with Crippen molar-refractivity contribution in [3.63, 3.8) is 0 Å². The molecular formula is C22H23NO5S. The molecule has 0 aliphatic carbocycles. The molecule has 0 fully saturated rings. The van der Waals surface area contributed by atoms with Gasteiger partial charge < -0.3 is 19.1 Å². The van der Waals surface area contributed by atoms with Crippen molar-refractivity contribution >= 4 is 23.6 Å². The number of carbonyl (C=O) groups is 2. The molecule has 0 radical (unpaired) electrons. The summed E-state index contributed by atoms with van der Waals surface area (Å²) in [5.41, 5.74) is 1.89. The van der Waals surface area contributed by atoms with Gasteiger partial charge in [0.15, 0.2) is 11.5 Å². The highest BCUT2D eigenvalue weighted by Gasteiger charge is 2.31. The van der Waals surface area contributed by atoms with Gasteiger partial charge >= 0.3 is 5.97 Å². The van der Waals surface area contributed by atoms with Crippen LogP contribution in [0.1, 0.15) is 23.3 Å². The van der Waals surface area contributed by atoms with Crippen LogP contribution in [-0.4, -0.2) is 38.0 Å². The summed E-state index contributed by atoms with van der Waals surface area (Å²) >= 11 is 1.50. The lowest BCUT2D eigenvalue weighted by molar-refractivity contribution is -0.136. The molecule has 1 aromatic carbocycles. The van der Waals surface area contributed by atoms with Crippen molar-refractivity contribution in [2.45, 2.75) is 19.4 Å². The van der Waals surface area contributed by atoms with E-state index in [9.17, 15) is 9.59 Å². The Bertz CT molecular complexity index is 933. The van der Waals surface area contributed by atoms with Crippen molar-refractivity contribution in [3.05, 3.63) is 69.7 Å². The number of hydrogen-bond acceptors (Lipinski definition) is 7. The minimum absolute atomic E-state index is 0.425. The van der Waals surface area contributed by atoms with Gasteiger partial charge in [-0.2, -0.15) is 0 Å². The van der Waals surface area contributed by atoms with Gasteiger partial charge in [0.05, 0.1) is 32.3 Å². The van der Waals surface area contributed by atoms with Gasteiger partial charge in [0.1, 0.15) is 6.29 Å². The van der Waals surface area contributed by atoms with Crippen LogP contribution >= 0.6 is 11.3 Å². The third-order valence-corrected chi connectivity index (χ3v) is 5.48. The minimum Gasteiger partial charge on any atom is -0.493 e. The van der Waals surface area contributed by atoms with Crippen LogP contribution in [0.5, 0.6) is 11.5 Å². The van der Waals surface area contributed by atoms with Crippen molar-refractivity contribution in [1.29, 1.82) is 0 Å². The van der Waals surface area contributed by atoms with Crippen LogP contribution in [0.15, 0.2) is 59.3 Å². The summed E-state index contributed by atoms with van der Waals surface area (Å²) < 4.78 is 15.9. The third-order valence-electron chi connectivity index (χ3n) is 4.54. The zero-order chi connectivity index (χ0) is 20.8. The highest BCUT2D eigenvalue weighted by Crippen LogP contribution is 2.38. The summed E-state index contributed by atoms with van der Waals surface area (Å²) in [5.74, 6) is 0.427.